The van der Waals surface area contributed by atoms with Gasteiger partial charge in [-0.2, -0.15) is 14.0 Å². The number of rotatable bonds is 5. The number of nitriles is 1. The monoisotopic (exact) mass is 377 g/mol. The summed E-state index contributed by atoms with van der Waals surface area (Å²) >= 11 is 0. The van der Waals surface area contributed by atoms with Crippen molar-refractivity contribution in [3.8, 4) is 23.1 Å². The highest BCUT2D eigenvalue weighted by Crippen LogP contribution is 2.27. The number of hydrogen-bond donors (Lipinski definition) is 1. The Labute approximate surface area is 158 Å². The number of nitrogens with one attached hydrogen (secondary N) is 1. The van der Waals surface area contributed by atoms with Crippen LogP contribution in [0.4, 0.5) is 20.3 Å². The molecule has 4 aromatic rings. The first kappa shape index (κ1) is 17.4. The standard InChI is InChI=1S/C20H13F2N5O/c21-20(22)28-16-6-4-14(5-7-16)17-12-25-19-18(24-8-9-27(17)19)26-15-3-1-2-13(10-15)11-23/h1-10,12,20H,(H,24,26). The first-order valence-electron chi connectivity index (χ1n) is 8.28. The maximum absolute atomic E-state index is 12.3. The highest BCUT2D eigenvalue weighted by molar-refractivity contribution is 5.74. The molecule has 0 spiro atoms. The lowest BCUT2D eigenvalue weighted by molar-refractivity contribution is -0.0498. The van der Waals surface area contributed by atoms with Gasteiger partial charge < -0.3 is 10.1 Å². The molecule has 2 heterocycles. The van der Waals surface area contributed by atoms with Crippen LogP contribution in [0, 0.1) is 11.3 Å². The van der Waals surface area contributed by atoms with E-state index in [1.165, 1.54) is 12.1 Å². The van der Waals surface area contributed by atoms with Gasteiger partial charge in [-0.3, -0.25) is 4.40 Å². The van der Waals surface area contributed by atoms with Crippen molar-refractivity contribution in [3.63, 3.8) is 0 Å². The molecule has 0 saturated heterocycles. The predicted octanol–water partition coefficient (Wildman–Crippen LogP) is 4.61. The minimum Gasteiger partial charge on any atom is -0.435 e. The van der Waals surface area contributed by atoms with Crippen LogP contribution in [0.15, 0.2) is 67.1 Å². The van der Waals surface area contributed by atoms with Gasteiger partial charge in [0.15, 0.2) is 11.5 Å². The van der Waals surface area contributed by atoms with Crippen molar-refractivity contribution in [2.24, 2.45) is 0 Å². The summed E-state index contributed by atoms with van der Waals surface area (Å²) < 4.78 is 30.8. The number of ether oxygens (including phenoxy) is 1. The first-order chi connectivity index (χ1) is 13.6. The van der Waals surface area contributed by atoms with E-state index in [0.29, 0.717) is 17.0 Å². The van der Waals surface area contributed by atoms with Gasteiger partial charge in [-0.05, 0) is 42.5 Å². The van der Waals surface area contributed by atoms with E-state index >= 15 is 0 Å². The van der Waals surface area contributed by atoms with Gasteiger partial charge in [-0.1, -0.05) is 6.07 Å². The van der Waals surface area contributed by atoms with E-state index in [-0.39, 0.29) is 5.75 Å². The number of benzene rings is 2. The molecule has 28 heavy (non-hydrogen) atoms. The third-order valence-electron chi connectivity index (χ3n) is 4.06. The molecule has 0 aliphatic carbocycles. The number of alkyl halides is 2. The molecule has 0 amide bonds. The Hall–Kier alpha value is -3.99. The second-order valence-corrected chi connectivity index (χ2v) is 5.83. The molecule has 1 N–H and O–H groups in total. The Balaban J connectivity index is 1.67. The Kier molecular flexibility index (Phi) is 4.56. The Bertz CT molecular complexity index is 1170. The molecule has 0 radical (unpaired) electrons. The normalized spacial score (nSPS) is 10.8. The maximum atomic E-state index is 12.3. The second kappa shape index (κ2) is 7.32. The molecule has 2 aromatic carbocycles. The first-order valence-corrected chi connectivity index (χ1v) is 8.28. The van der Waals surface area contributed by atoms with Crippen LogP contribution in [0.3, 0.4) is 0 Å². The van der Waals surface area contributed by atoms with E-state index in [1.807, 2.05) is 10.5 Å². The summed E-state index contributed by atoms with van der Waals surface area (Å²) in [6.07, 6.45) is 5.07. The van der Waals surface area contributed by atoms with E-state index in [9.17, 15) is 8.78 Å². The van der Waals surface area contributed by atoms with Crippen LogP contribution in [-0.4, -0.2) is 21.0 Å². The summed E-state index contributed by atoms with van der Waals surface area (Å²) in [7, 11) is 0. The van der Waals surface area contributed by atoms with Gasteiger partial charge in [0.1, 0.15) is 5.75 Å². The molecule has 0 aliphatic rings. The molecule has 0 atom stereocenters. The Morgan fingerprint density at radius 1 is 1.11 bits per heavy atom. The molecular weight excluding hydrogens is 364 g/mol. The lowest BCUT2D eigenvalue weighted by Gasteiger charge is -2.08. The van der Waals surface area contributed by atoms with E-state index in [1.54, 1.807) is 48.9 Å². The van der Waals surface area contributed by atoms with Crippen LogP contribution < -0.4 is 10.1 Å². The van der Waals surface area contributed by atoms with E-state index in [4.69, 9.17) is 5.26 Å². The van der Waals surface area contributed by atoms with Crippen LogP contribution in [0.1, 0.15) is 5.56 Å². The summed E-state index contributed by atoms with van der Waals surface area (Å²) in [6.45, 7) is -2.86. The number of halogens is 2. The largest absolute Gasteiger partial charge is 0.435 e. The molecule has 0 fully saturated rings. The highest BCUT2D eigenvalue weighted by atomic mass is 19.3. The van der Waals surface area contributed by atoms with Crippen molar-refractivity contribution >= 4 is 17.2 Å². The van der Waals surface area contributed by atoms with Crippen LogP contribution in [0.25, 0.3) is 16.9 Å². The van der Waals surface area contributed by atoms with Crippen LogP contribution in [0.5, 0.6) is 5.75 Å². The van der Waals surface area contributed by atoms with Crippen molar-refractivity contribution in [1.82, 2.24) is 14.4 Å². The fraction of sp³-hybridized carbons (Fsp3) is 0.0500. The molecular formula is C20H13F2N5O. The third-order valence-corrected chi connectivity index (χ3v) is 4.06. The zero-order chi connectivity index (χ0) is 19.5. The molecule has 2 aromatic heterocycles. The fourth-order valence-corrected chi connectivity index (χ4v) is 2.83. The zero-order valence-electron chi connectivity index (χ0n) is 14.4. The lowest BCUT2D eigenvalue weighted by Crippen LogP contribution is -2.01. The molecule has 0 unspecified atom stereocenters. The van der Waals surface area contributed by atoms with Crippen molar-refractivity contribution in [3.05, 3.63) is 72.7 Å². The lowest BCUT2D eigenvalue weighted by atomic mass is 10.1. The van der Waals surface area contributed by atoms with Gasteiger partial charge >= 0.3 is 6.61 Å². The van der Waals surface area contributed by atoms with Crippen molar-refractivity contribution < 1.29 is 13.5 Å². The molecule has 0 bridgehead atoms. The van der Waals surface area contributed by atoms with E-state index in [2.05, 4.69) is 26.1 Å². The van der Waals surface area contributed by atoms with Crippen molar-refractivity contribution in [2.75, 3.05) is 5.32 Å². The minimum absolute atomic E-state index is 0.0916. The topological polar surface area (TPSA) is 75.2 Å². The van der Waals surface area contributed by atoms with Gasteiger partial charge in [0, 0.05) is 23.6 Å². The van der Waals surface area contributed by atoms with Crippen LogP contribution in [0.2, 0.25) is 0 Å². The number of aromatic nitrogens is 3. The highest BCUT2D eigenvalue weighted by Gasteiger charge is 2.11. The van der Waals surface area contributed by atoms with Gasteiger partial charge in [0.2, 0.25) is 0 Å². The smallest absolute Gasteiger partial charge is 0.387 e. The molecule has 6 nitrogen and oxygen atoms in total. The van der Waals surface area contributed by atoms with Gasteiger partial charge in [-0.25, -0.2) is 9.97 Å². The number of nitrogens with zero attached hydrogens (tertiary/aromatic N) is 4. The molecule has 8 heteroatoms. The number of imidazole rings is 1. The maximum Gasteiger partial charge on any atom is 0.387 e. The third kappa shape index (κ3) is 3.46. The number of hydrogen-bond acceptors (Lipinski definition) is 5. The van der Waals surface area contributed by atoms with Crippen LogP contribution in [-0.2, 0) is 0 Å². The van der Waals surface area contributed by atoms with Crippen LogP contribution >= 0.6 is 0 Å². The second-order valence-electron chi connectivity index (χ2n) is 5.83. The number of fused-ring (bicyclic) bond motifs is 1. The van der Waals surface area contributed by atoms with E-state index in [0.717, 1.165) is 16.9 Å². The summed E-state index contributed by atoms with van der Waals surface area (Å²) in [5.41, 5.74) is 3.41. The number of anilines is 2. The summed E-state index contributed by atoms with van der Waals surface area (Å²) in [5.74, 6) is 0.621. The van der Waals surface area contributed by atoms with Gasteiger partial charge in [-0.15, -0.1) is 0 Å². The summed E-state index contributed by atoms with van der Waals surface area (Å²) in [4.78, 5) is 8.76. The SMILES string of the molecule is N#Cc1cccc(Nc2nccn3c(-c4ccc(OC(F)F)cc4)cnc23)c1. The Morgan fingerprint density at radius 3 is 2.68 bits per heavy atom. The average molecular weight is 377 g/mol. The Morgan fingerprint density at radius 2 is 1.93 bits per heavy atom. The minimum atomic E-state index is -2.86. The zero-order valence-corrected chi connectivity index (χ0v) is 14.4. The van der Waals surface area contributed by atoms with Crippen molar-refractivity contribution in [2.45, 2.75) is 6.61 Å². The van der Waals surface area contributed by atoms with Gasteiger partial charge in [0.05, 0.1) is 23.5 Å². The molecule has 0 aliphatic heterocycles. The molecule has 0 saturated carbocycles. The van der Waals surface area contributed by atoms with Gasteiger partial charge in [0.25, 0.3) is 0 Å². The molecule has 4 rings (SSSR count). The average Bonchev–Trinajstić information content (AvgIpc) is 3.13. The van der Waals surface area contributed by atoms with E-state index < -0.39 is 6.61 Å². The summed E-state index contributed by atoms with van der Waals surface area (Å²) in [5, 5.41) is 12.2. The van der Waals surface area contributed by atoms with Crippen molar-refractivity contribution in [1.29, 1.82) is 5.26 Å². The fourth-order valence-electron chi connectivity index (χ4n) is 2.83. The quantitative estimate of drug-likeness (QED) is 0.550. The predicted molar refractivity (Wildman–Crippen MR) is 99.5 cm³/mol. The molecule has 138 valence electrons. The summed E-state index contributed by atoms with van der Waals surface area (Å²) in [6, 6.07) is 15.5.